The molecule has 1 aromatic heterocycles. The molecule has 0 atom stereocenters. The van der Waals surface area contributed by atoms with Gasteiger partial charge in [-0.15, -0.1) is 0 Å². The lowest BCUT2D eigenvalue weighted by molar-refractivity contribution is -0.137. The van der Waals surface area contributed by atoms with Crippen LogP contribution in [0.15, 0.2) is 30.3 Å². The number of amides is 1. The summed E-state index contributed by atoms with van der Waals surface area (Å²) in [6.07, 6.45) is -0.488. The van der Waals surface area contributed by atoms with Gasteiger partial charge in [0.15, 0.2) is 17.4 Å². The Bertz CT molecular complexity index is 1190. The van der Waals surface area contributed by atoms with E-state index in [2.05, 4.69) is 5.32 Å². The van der Waals surface area contributed by atoms with E-state index in [0.29, 0.717) is 5.02 Å². The molecule has 1 heterocycles. The van der Waals surface area contributed by atoms with Gasteiger partial charge < -0.3 is 15.5 Å². The molecule has 1 amide bonds. The molecule has 2 aromatic carbocycles. The molecule has 0 bridgehead atoms. The molecule has 0 spiro atoms. The second-order valence-electron chi connectivity index (χ2n) is 6.47. The Morgan fingerprint density at radius 1 is 1.17 bits per heavy atom. The number of halogens is 3. The molecule has 156 valence electrons. The lowest BCUT2D eigenvalue weighted by Crippen LogP contribution is -2.30. The molecule has 30 heavy (non-hydrogen) atoms. The molecule has 3 N–H and O–H groups in total. The minimum absolute atomic E-state index is 0.0167. The molecule has 0 aliphatic rings. The molecule has 0 fully saturated rings. The van der Waals surface area contributed by atoms with Crippen LogP contribution in [0.1, 0.15) is 21.6 Å². The van der Waals surface area contributed by atoms with Crippen LogP contribution in [0.2, 0.25) is 5.02 Å². The number of nitrogens with one attached hydrogen (secondary N) is 1. The van der Waals surface area contributed by atoms with Crippen molar-refractivity contribution in [3.05, 3.63) is 63.8 Å². The number of fused-ring (bicyclic) bond motifs is 1. The number of phenols is 1. The minimum Gasteiger partial charge on any atom is -0.503 e. The van der Waals surface area contributed by atoms with Gasteiger partial charge in [0, 0.05) is 27.7 Å². The third kappa shape index (κ3) is 3.84. The highest BCUT2D eigenvalue weighted by Crippen LogP contribution is 2.35. The average molecular weight is 437 g/mol. The van der Waals surface area contributed by atoms with E-state index in [1.807, 2.05) is 0 Å². The molecular weight excluding hydrogens is 422 g/mol. The molecule has 0 aliphatic carbocycles. The number of carboxylic acid groups (broad SMARTS) is 1. The number of nitrogens with zero attached hydrogens (tertiary/aromatic N) is 1. The lowest BCUT2D eigenvalue weighted by Gasteiger charge is -2.08. The van der Waals surface area contributed by atoms with Crippen LogP contribution >= 0.6 is 11.6 Å². The summed E-state index contributed by atoms with van der Waals surface area (Å²) < 4.78 is 29.8. The molecule has 10 heteroatoms. The predicted octanol–water partition coefficient (Wildman–Crippen LogP) is 3.02. The smallest absolute Gasteiger partial charge is 0.322 e. The summed E-state index contributed by atoms with van der Waals surface area (Å²) in [6.45, 7) is 0.782. The molecule has 7 nitrogen and oxygen atoms in total. The van der Waals surface area contributed by atoms with Crippen molar-refractivity contribution in [2.75, 3.05) is 6.54 Å². The van der Waals surface area contributed by atoms with Crippen LogP contribution in [0, 0.1) is 18.6 Å². The fourth-order valence-corrected chi connectivity index (χ4v) is 3.28. The first-order valence-electron chi connectivity index (χ1n) is 8.61. The highest BCUT2D eigenvalue weighted by atomic mass is 35.5. The van der Waals surface area contributed by atoms with Gasteiger partial charge in [-0.3, -0.25) is 19.0 Å². The van der Waals surface area contributed by atoms with Crippen LogP contribution in [0.4, 0.5) is 8.78 Å². The van der Waals surface area contributed by atoms with Crippen molar-refractivity contribution in [3.63, 3.8) is 0 Å². The topological polar surface area (TPSA) is 109 Å². The summed E-state index contributed by atoms with van der Waals surface area (Å²) in [7, 11) is 0. The normalized spacial score (nSPS) is 10.9. The number of carbonyl (C=O) groups excluding carboxylic acids is 2. The molecular formula is C20H15ClF2N2O5. The Kier molecular flexibility index (Phi) is 5.75. The second-order valence-corrected chi connectivity index (χ2v) is 6.91. The first-order valence-corrected chi connectivity index (χ1v) is 8.99. The number of hydrogen-bond acceptors (Lipinski definition) is 4. The standard InChI is InChI=1S/C20H15ClF2N2O5/c1-9-12(6-15(26)24-8-16(27)28)17-14(7-13(22)19(29)18(17)23)25(9)20(30)10-2-4-11(21)5-3-10/h2-5,7,29H,6,8H2,1H3,(H,24,26)(H,27,28). The zero-order valence-corrected chi connectivity index (χ0v) is 16.3. The number of aliphatic carboxylic acids is 1. The summed E-state index contributed by atoms with van der Waals surface area (Å²) >= 11 is 5.83. The number of benzene rings is 2. The summed E-state index contributed by atoms with van der Waals surface area (Å²) in [4.78, 5) is 35.8. The van der Waals surface area contributed by atoms with Crippen LogP contribution in [0.25, 0.3) is 10.9 Å². The van der Waals surface area contributed by atoms with Crippen molar-refractivity contribution in [3.8, 4) is 5.75 Å². The van der Waals surface area contributed by atoms with Crippen molar-refractivity contribution in [1.82, 2.24) is 9.88 Å². The monoisotopic (exact) mass is 436 g/mol. The molecule has 0 aliphatic heterocycles. The zero-order valence-electron chi connectivity index (χ0n) is 15.5. The van der Waals surface area contributed by atoms with Gasteiger partial charge in [-0.1, -0.05) is 11.6 Å². The highest BCUT2D eigenvalue weighted by molar-refractivity contribution is 6.30. The first-order chi connectivity index (χ1) is 14.1. The maximum Gasteiger partial charge on any atom is 0.322 e. The van der Waals surface area contributed by atoms with Crippen molar-refractivity contribution in [2.24, 2.45) is 0 Å². The van der Waals surface area contributed by atoms with Gasteiger partial charge in [-0.2, -0.15) is 0 Å². The third-order valence-electron chi connectivity index (χ3n) is 4.56. The summed E-state index contributed by atoms with van der Waals surface area (Å²) in [5, 5.41) is 20.6. The molecule has 0 radical (unpaired) electrons. The number of hydrogen-bond donors (Lipinski definition) is 3. The lowest BCUT2D eigenvalue weighted by atomic mass is 10.1. The van der Waals surface area contributed by atoms with Crippen molar-refractivity contribution in [1.29, 1.82) is 0 Å². The molecule has 0 saturated heterocycles. The van der Waals surface area contributed by atoms with Gasteiger partial charge >= 0.3 is 5.97 Å². The fourth-order valence-electron chi connectivity index (χ4n) is 3.15. The van der Waals surface area contributed by atoms with Gasteiger partial charge in [0.25, 0.3) is 5.91 Å². The molecule has 3 aromatic rings. The van der Waals surface area contributed by atoms with E-state index >= 15 is 0 Å². The molecule has 0 unspecified atom stereocenters. The number of phenolic OH excluding ortho intramolecular Hbond substituents is 1. The average Bonchev–Trinajstić information content (AvgIpc) is 2.96. The van der Waals surface area contributed by atoms with Gasteiger partial charge in [0.2, 0.25) is 5.91 Å². The predicted molar refractivity (Wildman–Crippen MR) is 104 cm³/mol. The third-order valence-corrected chi connectivity index (χ3v) is 4.81. The molecule has 3 rings (SSSR count). The SMILES string of the molecule is Cc1c(CC(=O)NCC(=O)O)c2c(F)c(O)c(F)cc2n1C(=O)c1ccc(Cl)cc1. The maximum atomic E-state index is 14.7. The maximum absolute atomic E-state index is 14.7. The van der Waals surface area contributed by atoms with Gasteiger partial charge in [-0.25, -0.2) is 8.78 Å². The van der Waals surface area contributed by atoms with Gasteiger partial charge in [0.05, 0.1) is 11.9 Å². The van der Waals surface area contributed by atoms with Crippen molar-refractivity contribution >= 4 is 40.3 Å². The Morgan fingerprint density at radius 3 is 2.40 bits per heavy atom. The zero-order chi connectivity index (χ0) is 22.2. The molecule has 0 saturated carbocycles. The quantitative estimate of drug-likeness (QED) is 0.569. The Hall–Kier alpha value is -3.46. The van der Waals surface area contributed by atoms with E-state index in [0.717, 1.165) is 10.6 Å². The van der Waals surface area contributed by atoms with Crippen LogP contribution < -0.4 is 5.32 Å². The van der Waals surface area contributed by atoms with Crippen LogP contribution in [-0.2, 0) is 16.0 Å². The van der Waals surface area contributed by atoms with E-state index in [9.17, 15) is 28.3 Å². The highest BCUT2D eigenvalue weighted by Gasteiger charge is 2.27. The Labute approximate surface area is 173 Å². The number of aromatic hydroxyl groups is 1. The van der Waals surface area contributed by atoms with E-state index in [4.69, 9.17) is 16.7 Å². The summed E-state index contributed by atoms with van der Waals surface area (Å²) in [5.41, 5.74) is 0.152. The van der Waals surface area contributed by atoms with Crippen LogP contribution in [0.5, 0.6) is 5.75 Å². The Morgan fingerprint density at radius 2 is 1.80 bits per heavy atom. The van der Waals surface area contributed by atoms with E-state index in [1.54, 1.807) is 0 Å². The summed E-state index contributed by atoms with van der Waals surface area (Å²) in [6, 6.07) is 6.62. The first kappa shape index (κ1) is 21.3. The van der Waals surface area contributed by atoms with E-state index in [1.165, 1.54) is 31.2 Å². The largest absolute Gasteiger partial charge is 0.503 e. The van der Waals surface area contributed by atoms with E-state index in [-0.39, 0.29) is 27.7 Å². The van der Waals surface area contributed by atoms with Crippen molar-refractivity contribution < 1.29 is 33.4 Å². The summed E-state index contributed by atoms with van der Waals surface area (Å²) in [5.74, 6) is -6.49. The van der Waals surface area contributed by atoms with Gasteiger partial charge in [0.1, 0.15) is 6.54 Å². The minimum atomic E-state index is -1.32. The van der Waals surface area contributed by atoms with E-state index < -0.39 is 48.1 Å². The van der Waals surface area contributed by atoms with Gasteiger partial charge in [-0.05, 0) is 36.8 Å². The number of rotatable bonds is 5. The fraction of sp³-hybridized carbons (Fsp3) is 0.150. The van der Waals surface area contributed by atoms with Crippen molar-refractivity contribution in [2.45, 2.75) is 13.3 Å². The number of carboxylic acids is 1. The number of aromatic nitrogens is 1. The second kappa shape index (κ2) is 8.11. The van der Waals surface area contributed by atoms with Crippen LogP contribution in [0.3, 0.4) is 0 Å². The van der Waals surface area contributed by atoms with Crippen LogP contribution in [-0.4, -0.2) is 39.1 Å². The number of carbonyl (C=O) groups is 3. The Balaban J connectivity index is 2.19.